The summed E-state index contributed by atoms with van der Waals surface area (Å²) in [5.41, 5.74) is 0. The molecule has 66 valence electrons. The Kier molecular flexibility index (Phi) is 2.69. The third-order valence-electron chi connectivity index (χ3n) is 2.28. The SMILES string of the molecule is CCC(=O)N1CC(C)CC1C#N. The van der Waals surface area contributed by atoms with Crippen LogP contribution in [-0.4, -0.2) is 23.4 Å². The molecule has 0 radical (unpaired) electrons. The number of rotatable bonds is 1. The second-order valence-corrected chi connectivity index (χ2v) is 3.39. The molecular weight excluding hydrogens is 152 g/mol. The molecule has 1 fully saturated rings. The van der Waals surface area contributed by atoms with E-state index in [1.165, 1.54) is 0 Å². The maximum atomic E-state index is 11.3. The zero-order valence-electron chi connectivity index (χ0n) is 7.58. The van der Waals surface area contributed by atoms with Crippen LogP contribution in [0.15, 0.2) is 0 Å². The fourth-order valence-corrected chi connectivity index (χ4v) is 1.65. The average molecular weight is 166 g/mol. The van der Waals surface area contributed by atoms with Crippen LogP contribution in [0.5, 0.6) is 0 Å². The lowest BCUT2D eigenvalue weighted by Gasteiger charge is -2.18. The minimum Gasteiger partial charge on any atom is -0.326 e. The van der Waals surface area contributed by atoms with E-state index in [0.717, 1.165) is 13.0 Å². The summed E-state index contributed by atoms with van der Waals surface area (Å²) < 4.78 is 0. The Balaban J connectivity index is 2.65. The highest BCUT2D eigenvalue weighted by Crippen LogP contribution is 2.22. The van der Waals surface area contributed by atoms with Crippen molar-refractivity contribution in [3.63, 3.8) is 0 Å². The molecule has 0 saturated carbocycles. The van der Waals surface area contributed by atoms with Crippen LogP contribution in [0, 0.1) is 17.2 Å². The molecule has 12 heavy (non-hydrogen) atoms. The van der Waals surface area contributed by atoms with E-state index in [4.69, 9.17) is 5.26 Å². The zero-order valence-corrected chi connectivity index (χ0v) is 7.58. The van der Waals surface area contributed by atoms with E-state index < -0.39 is 0 Å². The summed E-state index contributed by atoms with van der Waals surface area (Å²) in [6, 6.07) is 1.99. The first-order chi connectivity index (χ1) is 5.69. The molecule has 1 aliphatic heterocycles. The fourth-order valence-electron chi connectivity index (χ4n) is 1.65. The zero-order chi connectivity index (χ0) is 9.14. The third kappa shape index (κ3) is 1.58. The first-order valence-corrected chi connectivity index (χ1v) is 4.38. The Labute approximate surface area is 73.0 Å². The van der Waals surface area contributed by atoms with Crippen molar-refractivity contribution in [1.82, 2.24) is 4.90 Å². The molecule has 0 aliphatic carbocycles. The predicted molar refractivity (Wildman–Crippen MR) is 45.2 cm³/mol. The molecule has 3 nitrogen and oxygen atoms in total. The standard InChI is InChI=1S/C9H14N2O/c1-3-9(12)11-6-7(2)4-8(11)5-10/h7-8H,3-4,6H2,1-2H3. The van der Waals surface area contributed by atoms with Gasteiger partial charge in [0.05, 0.1) is 6.07 Å². The minimum atomic E-state index is -0.174. The van der Waals surface area contributed by atoms with Gasteiger partial charge in [0.15, 0.2) is 0 Å². The van der Waals surface area contributed by atoms with Gasteiger partial charge in [-0.05, 0) is 12.3 Å². The molecule has 1 rings (SSSR count). The second kappa shape index (κ2) is 3.57. The van der Waals surface area contributed by atoms with E-state index in [1.807, 2.05) is 6.92 Å². The number of nitrogens with zero attached hydrogens (tertiary/aromatic N) is 2. The third-order valence-corrected chi connectivity index (χ3v) is 2.28. The number of likely N-dealkylation sites (tertiary alicyclic amines) is 1. The molecule has 2 unspecified atom stereocenters. The van der Waals surface area contributed by atoms with Gasteiger partial charge in [-0.3, -0.25) is 4.79 Å². The monoisotopic (exact) mass is 166 g/mol. The molecule has 0 aromatic carbocycles. The van der Waals surface area contributed by atoms with Gasteiger partial charge in [0.25, 0.3) is 0 Å². The smallest absolute Gasteiger partial charge is 0.223 e. The van der Waals surface area contributed by atoms with E-state index in [2.05, 4.69) is 13.0 Å². The summed E-state index contributed by atoms with van der Waals surface area (Å²) in [5, 5.41) is 8.75. The number of nitriles is 1. The second-order valence-electron chi connectivity index (χ2n) is 3.39. The number of carbonyl (C=O) groups is 1. The molecule has 0 aromatic rings. The Morgan fingerprint density at radius 2 is 2.42 bits per heavy atom. The highest BCUT2D eigenvalue weighted by atomic mass is 16.2. The largest absolute Gasteiger partial charge is 0.326 e. The van der Waals surface area contributed by atoms with Crippen molar-refractivity contribution in [2.75, 3.05) is 6.54 Å². The van der Waals surface area contributed by atoms with Crippen LogP contribution in [0.3, 0.4) is 0 Å². The summed E-state index contributed by atoms with van der Waals surface area (Å²) in [7, 11) is 0. The van der Waals surface area contributed by atoms with Crippen molar-refractivity contribution >= 4 is 5.91 Å². The number of amides is 1. The van der Waals surface area contributed by atoms with Crippen LogP contribution in [0.4, 0.5) is 0 Å². The van der Waals surface area contributed by atoms with Crippen molar-refractivity contribution in [1.29, 1.82) is 5.26 Å². The molecule has 1 aliphatic rings. The molecule has 1 heterocycles. The van der Waals surface area contributed by atoms with Gasteiger partial charge in [0, 0.05) is 13.0 Å². The fraction of sp³-hybridized carbons (Fsp3) is 0.778. The Morgan fingerprint density at radius 1 is 1.75 bits per heavy atom. The lowest BCUT2D eigenvalue weighted by molar-refractivity contribution is -0.130. The molecular formula is C9H14N2O. The average Bonchev–Trinajstić information content (AvgIpc) is 2.45. The molecule has 1 amide bonds. The van der Waals surface area contributed by atoms with E-state index in [1.54, 1.807) is 4.90 Å². The number of carbonyl (C=O) groups excluding carboxylic acids is 1. The summed E-state index contributed by atoms with van der Waals surface area (Å²) in [4.78, 5) is 13.0. The summed E-state index contributed by atoms with van der Waals surface area (Å²) >= 11 is 0. The highest BCUT2D eigenvalue weighted by molar-refractivity contribution is 5.76. The van der Waals surface area contributed by atoms with Crippen LogP contribution >= 0.6 is 0 Å². The van der Waals surface area contributed by atoms with Crippen molar-refractivity contribution in [3.8, 4) is 6.07 Å². The first kappa shape index (κ1) is 9.05. The maximum Gasteiger partial charge on any atom is 0.223 e. The molecule has 0 aromatic heterocycles. The van der Waals surface area contributed by atoms with Crippen LogP contribution in [0.25, 0.3) is 0 Å². The summed E-state index contributed by atoms with van der Waals surface area (Å²) in [6.07, 6.45) is 1.34. The van der Waals surface area contributed by atoms with Gasteiger partial charge in [-0.2, -0.15) is 5.26 Å². The van der Waals surface area contributed by atoms with Gasteiger partial charge in [-0.25, -0.2) is 0 Å². The van der Waals surface area contributed by atoms with E-state index in [0.29, 0.717) is 12.3 Å². The molecule has 0 bridgehead atoms. The van der Waals surface area contributed by atoms with Crippen LogP contribution in [0.2, 0.25) is 0 Å². The van der Waals surface area contributed by atoms with Crippen LogP contribution < -0.4 is 0 Å². The maximum absolute atomic E-state index is 11.3. The van der Waals surface area contributed by atoms with Gasteiger partial charge in [0.1, 0.15) is 6.04 Å². The van der Waals surface area contributed by atoms with E-state index >= 15 is 0 Å². The predicted octanol–water partition coefficient (Wildman–Crippen LogP) is 1.16. The quantitative estimate of drug-likeness (QED) is 0.586. The van der Waals surface area contributed by atoms with Gasteiger partial charge >= 0.3 is 0 Å². The van der Waals surface area contributed by atoms with Gasteiger partial charge in [-0.1, -0.05) is 13.8 Å². The molecule has 0 N–H and O–H groups in total. The van der Waals surface area contributed by atoms with Gasteiger partial charge in [-0.15, -0.1) is 0 Å². The lowest BCUT2D eigenvalue weighted by Crippen LogP contribution is -2.34. The van der Waals surface area contributed by atoms with Gasteiger partial charge in [0.2, 0.25) is 5.91 Å². The number of hydrogen-bond donors (Lipinski definition) is 0. The summed E-state index contributed by atoms with van der Waals surface area (Å²) in [5.74, 6) is 0.580. The first-order valence-electron chi connectivity index (χ1n) is 4.38. The molecule has 3 heteroatoms. The van der Waals surface area contributed by atoms with Crippen molar-refractivity contribution in [2.45, 2.75) is 32.7 Å². The normalized spacial score (nSPS) is 28.6. The van der Waals surface area contributed by atoms with Crippen LogP contribution in [-0.2, 0) is 4.79 Å². The van der Waals surface area contributed by atoms with Gasteiger partial charge < -0.3 is 4.90 Å². The minimum absolute atomic E-state index is 0.103. The molecule has 1 saturated heterocycles. The Bertz CT molecular complexity index is 219. The highest BCUT2D eigenvalue weighted by Gasteiger charge is 2.31. The number of hydrogen-bond acceptors (Lipinski definition) is 2. The Hall–Kier alpha value is -1.04. The van der Waals surface area contributed by atoms with Crippen molar-refractivity contribution in [3.05, 3.63) is 0 Å². The Morgan fingerprint density at radius 3 is 2.92 bits per heavy atom. The topological polar surface area (TPSA) is 44.1 Å². The summed E-state index contributed by atoms with van der Waals surface area (Å²) in [6.45, 7) is 4.66. The van der Waals surface area contributed by atoms with E-state index in [-0.39, 0.29) is 11.9 Å². The van der Waals surface area contributed by atoms with E-state index in [9.17, 15) is 4.79 Å². The van der Waals surface area contributed by atoms with Crippen molar-refractivity contribution in [2.24, 2.45) is 5.92 Å². The van der Waals surface area contributed by atoms with Crippen LogP contribution in [0.1, 0.15) is 26.7 Å². The lowest BCUT2D eigenvalue weighted by atomic mass is 10.1. The molecule has 0 spiro atoms. The molecule has 2 atom stereocenters. The van der Waals surface area contributed by atoms with Crippen molar-refractivity contribution < 1.29 is 4.79 Å².